The fourth-order valence-electron chi connectivity index (χ4n) is 1.96. The van der Waals surface area contributed by atoms with E-state index >= 15 is 0 Å². The van der Waals surface area contributed by atoms with Gasteiger partial charge in [-0.2, -0.15) is 11.3 Å². The molecule has 0 atom stereocenters. The molecular weight excluding hydrogens is 200 g/mol. The highest BCUT2D eigenvalue weighted by molar-refractivity contribution is 7.08. The Bertz CT molecular complexity index is 260. The summed E-state index contributed by atoms with van der Waals surface area (Å²) in [5.41, 5.74) is 3.18. The zero-order valence-electron chi connectivity index (χ0n) is 10.4. The highest BCUT2D eigenvalue weighted by Gasteiger charge is 2.06. The number of aryl methyl sites for hydroxylation is 1. The molecule has 1 aromatic heterocycles. The fourth-order valence-corrected chi connectivity index (χ4v) is 3.02. The molecule has 0 aliphatic rings. The Hall–Kier alpha value is -0.300. The standard InChI is InChI=1S/C14H24S/c1-4-5-6-7-8-9-13-10-15-11-14(13)12(2)3/h10-12H,4-9H2,1-3H3. The summed E-state index contributed by atoms with van der Waals surface area (Å²) < 4.78 is 0. The molecule has 0 nitrogen and oxygen atoms in total. The van der Waals surface area contributed by atoms with Crippen LogP contribution in [0.3, 0.4) is 0 Å². The molecule has 0 N–H and O–H groups in total. The second kappa shape index (κ2) is 7.05. The molecule has 0 saturated heterocycles. The zero-order chi connectivity index (χ0) is 11.1. The van der Waals surface area contributed by atoms with Crippen molar-refractivity contribution >= 4 is 11.3 Å². The molecule has 0 unspecified atom stereocenters. The maximum absolute atomic E-state index is 2.34. The average molecular weight is 224 g/mol. The van der Waals surface area contributed by atoms with Crippen LogP contribution in [0.15, 0.2) is 10.8 Å². The molecule has 1 aromatic rings. The van der Waals surface area contributed by atoms with E-state index in [0.717, 1.165) is 0 Å². The van der Waals surface area contributed by atoms with Gasteiger partial charge in [-0.15, -0.1) is 0 Å². The van der Waals surface area contributed by atoms with Crippen molar-refractivity contribution in [2.75, 3.05) is 0 Å². The number of hydrogen-bond donors (Lipinski definition) is 0. The normalized spacial score (nSPS) is 11.2. The molecule has 0 bridgehead atoms. The SMILES string of the molecule is CCCCCCCc1cscc1C(C)C. The van der Waals surface area contributed by atoms with Crippen LogP contribution >= 0.6 is 11.3 Å². The van der Waals surface area contributed by atoms with Crippen LogP contribution in [-0.2, 0) is 6.42 Å². The van der Waals surface area contributed by atoms with Gasteiger partial charge in [0.05, 0.1) is 0 Å². The molecule has 1 heteroatoms. The molecule has 0 saturated carbocycles. The van der Waals surface area contributed by atoms with Crippen molar-refractivity contribution in [2.24, 2.45) is 0 Å². The number of rotatable bonds is 7. The van der Waals surface area contributed by atoms with Crippen molar-refractivity contribution in [2.45, 2.75) is 65.2 Å². The quantitative estimate of drug-likeness (QED) is 0.545. The lowest BCUT2D eigenvalue weighted by atomic mass is 9.98. The largest absolute Gasteiger partial charge is 0.152 e. The van der Waals surface area contributed by atoms with E-state index in [1.165, 1.54) is 38.5 Å². The second-order valence-electron chi connectivity index (χ2n) is 4.67. The first kappa shape index (κ1) is 12.8. The summed E-state index contributed by atoms with van der Waals surface area (Å²) >= 11 is 1.86. The first-order valence-corrected chi connectivity index (χ1v) is 7.25. The van der Waals surface area contributed by atoms with E-state index in [1.807, 2.05) is 11.3 Å². The van der Waals surface area contributed by atoms with Crippen molar-refractivity contribution in [1.29, 1.82) is 0 Å². The van der Waals surface area contributed by atoms with Crippen molar-refractivity contribution < 1.29 is 0 Å². The summed E-state index contributed by atoms with van der Waals surface area (Å²) in [6.45, 7) is 6.86. The lowest BCUT2D eigenvalue weighted by molar-refractivity contribution is 0.630. The predicted molar refractivity (Wildman–Crippen MR) is 70.9 cm³/mol. The van der Waals surface area contributed by atoms with Crippen LogP contribution in [0, 0.1) is 0 Å². The first-order chi connectivity index (χ1) is 7.25. The number of hydrogen-bond acceptors (Lipinski definition) is 1. The molecule has 0 aliphatic heterocycles. The lowest BCUT2D eigenvalue weighted by Gasteiger charge is -2.06. The van der Waals surface area contributed by atoms with Crippen LogP contribution in [-0.4, -0.2) is 0 Å². The molecule has 0 spiro atoms. The van der Waals surface area contributed by atoms with Gasteiger partial charge in [-0.3, -0.25) is 0 Å². The van der Waals surface area contributed by atoms with Gasteiger partial charge >= 0.3 is 0 Å². The summed E-state index contributed by atoms with van der Waals surface area (Å²) in [6.07, 6.45) is 8.23. The smallest absolute Gasteiger partial charge is 0.00558 e. The van der Waals surface area contributed by atoms with Gasteiger partial charge in [0, 0.05) is 0 Å². The summed E-state index contributed by atoms with van der Waals surface area (Å²) in [6, 6.07) is 0. The summed E-state index contributed by atoms with van der Waals surface area (Å²) in [4.78, 5) is 0. The van der Waals surface area contributed by atoms with E-state index < -0.39 is 0 Å². The van der Waals surface area contributed by atoms with Gasteiger partial charge in [-0.1, -0.05) is 46.5 Å². The topological polar surface area (TPSA) is 0 Å². The zero-order valence-corrected chi connectivity index (χ0v) is 11.2. The molecule has 0 aromatic carbocycles. The summed E-state index contributed by atoms with van der Waals surface area (Å²) in [5, 5.41) is 4.67. The number of unbranched alkanes of at least 4 members (excludes halogenated alkanes) is 4. The molecule has 0 radical (unpaired) electrons. The molecule has 15 heavy (non-hydrogen) atoms. The van der Waals surface area contributed by atoms with Gasteiger partial charge in [0.2, 0.25) is 0 Å². The molecule has 0 amide bonds. The first-order valence-electron chi connectivity index (χ1n) is 6.30. The third-order valence-corrected chi connectivity index (χ3v) is 3.76. The van der Waals surface area contributed by atoms with E-state index in [2.05, 4.69) is 31.5 Å². The van der Waals surface area contributed by atoms with Crippen LogP contribution in [0.5, 0.6) is 0 Å². The number of thiophene rings is 1. The van der Waals surface area contributed by atoms with E-state index in [9.17, 15) is 0 Å². The van der Waals surface area contributed by atoms with Crippen LogP contribution < -0.4 is 0 Å². The van der Waals surface area contributed by atoms with Crippen LogP contribution in [0.4, 0.5) is 0 Å². The van der Waals surface area contributed by atoms with Gasteiger partial charge < -0.3 is 0 Å². The maximum Gasteiger partial charge on any atom is -0.00558 e. The Labute approximate surface area is 98.7 Å². The van der Waals surface area contributed by atoms with Crippen molar-refractivity contribution in [1.82, 2.24) is 0 Å². The monoisotopic (exact) mass is 224 g/mol. The second-order valence-corrected chi connectivity index (χ2v) is 5.41. The highest BCUT2D eigenvalue weighted by Crippen LogP contribution is 2.25. The summed E-state index contributed by atoms with van der Waals surface area (Å²) in [5.74, 6) is 0.696. The summed E-state index contributed by atoms with van der Waals surface area (Å²) in [7, 11) is 0. The Morgan fingerprint density at radius 2 is 1.80 bits per heavy atom. The molecule has 0 fully saturated rings. The minimum atomic E-state index is 0.696. The highest BCUT2D eigenvalue weighted by atomic mass is 32.1. The molecular formula is C14H24S. The van der Waals surface area contributed by atoms with Crippen molar-refractivity contribution in [3.05, 3.63) is 21.9 Å². The minimum Gasteiger partial charge on any atom is -0.152 e. The third-order valence-electron chi connectivity index (χ3n) is 2.95. The average Bonchev–Trinajstić information content (AvgIpc) is 2.66. The van der Waals surface area contributed by atoms with Crippen LogP contribution in [0.1, 0.15) is 69.9 Å². The lowest BCUT2D eigenvalue weighted by Crippen LogP contribution is -1.92. The Kier molecular flexibility index (Phi) is 6.00. The van der Waals surface area contributed by atoms with Crippen molar-refractivity contribution in [3.63, 3.8) is 0 Å². The Morgan fingerprint density at radius 1 is 1.07 bits per heavy atom. The molecule has 1 rings (SSSR count). The Morgan fingerprint density at radius 3 is 2.47 bits per heavy atom. The van der Waals surface area contributed by atoms with Gasteiger partial charge in [-0.25, -0.2) is 0 Å². The molecule has 86 valence electrons. The fraction of sp³-hybridized carbons (Fsp3) is 0.714. The van der Waals surface area contributed by atoms with E-state index in [-0.39, 0.29) is 0 Å². The van der Waals surface area contributed by atoms with Gasteiger partial charge in [0.25, 0.3) is 0 Å². The van der Waals surface area contributed by atoms with Gasteiger partial charge in [0.1, 0.15) is 0 Å². The van der Waals surface area contributed by atoms with Gasteiger partial charge in [0.15, 0.2) is 0 Å². The maximum atomic E-state index is 2.34. The van der Waals surface area contributed by atoms with E-state index in [4.69, 9.17) is 0 Å². The van der Waals surface area contributed by atoms with Crippen molar-refractivity contribution in [3.8, 4) is 0 Å². The van der Waals surface area contributed by atoms with Gasteiger partial charge in [-0.05, 0) is 40.6 Å². The van der Waals surface area contributed by atoms with Crippen LogP contribution in [0.2, 0.25) is 0 Å². The third kappa shape index (κ3) is 4.38. The molecule has 0 aliphatic carbocycles. The van der Waals surface area contributed by atoms with E-state index in [0.29, 0.717) is 5.92 Å². The molecule has 1 heterocycles. The van der Waals surface area contributed by atoms with Crippen LogP contribution in [0.25, 0.3) is 0 Å². The minimum absolute atomic E-state index is 0.696. The Balaban J connectivity index is 2.28. The van der Waals surface area contributed by atoms with E-state index in [1.54, 1.807) is 11.1 Å². The predicted octanol–water partition coefficient (Wildman–Crippen LogP) is 5.38.